The zero-order valence-corrected chi connectivity index (χ0v) is 27.3. The molecule has 2 aliphatic rings. The number of piperidine rings is 2. The van der Waals surface area contributed by atoms with Gasteiger partial charge in [-0.15, -0.1) is 0 Å². The number of benzene rings is 3. The van der Waals surface area contributed by atoms with Crippen molar-refractivity contribution < 1.29 is 24.2 Å². The summed E-state index contributed by atoms with van der Waals surface area (Å²) >= 11 is 0. The third-order valence-corrected chi connectivity index (χ3v) is 8.96. The first kappa shape index (κ1) is 32.2. The summed E-state index contributed by atoms with van der Waals surface area (Å²) < 4.78 is 7.30. The number of ketones is 1. The van der Waals surface area contributed by atoms with E-state index in [0.717, 1.165) is 61.1 Å². The van der Waals surface area contributed by atoms with Gasteiger partial charge in [0.05, 0.1) is 23.5 Å². The quantitative estimate of drug-likeness (QED) is 0.224. The standard InChI is InChI=1S/C37H43N5O5/c1-37(2,3)47-36(46)41-18-14-25(15-19-41)22-34(44)26-4-11-31(12-5-26)42-33-13-8-29(23-28(33)24-38-42)39-35(45)27-6-9-30(10-7-27)40-20-16-32(43)17-21-40/h4-13,23-25,32,43H,14-22H2,1-3H3,(H,39,45). The molecule has 0 radical (unpaired) electrons. The molecule has 2 aliphatic heterocycles. The molecule has 0 unspecified atom stereocenters. The number of ether oxygens (including phenoxy) is 1. The molecule has 10 nitrogen and oxygen atoms in total. The second-order valence-electron chi connectivity index (χ2n) is 13.6. The van der Waals surface area contributed by atoms with E-state index in [4.69, 9.17) is 4.74 Å². The number of hydrogen-bond donors (Lipinski definition) is 2. The molecule has 0 atom stereocenters. The topological polar surface area (TPSA) is 117 Å². The average molecular weight is 638 g/mol. The van der Waals surface area contributed by atoms with Gasteiger partial charge in [0.15, 0.2) is 5.78 Å². The molecule has 0 spiro atoms. The Balaban J connectivity index is 1.03. The summed E-state index contributed by atoms with van der Waals surface area (Å²) in [6.45, 7) is 8.40. The van der Waals surface area contributed by atoms with E-state index < -0.39 is 5.60 Å². The van der Waals surface area contributed by atoms with E-state index >= 15 is 0 Å². The van der Waals surface area contributed by atoms with Gasteiger partial charge in [0.1, 0.15) is 5.60 Å². The van der Waals surface area contributed by atoms with Gasteiger partial charge in [0.2, 0.25) is 0 Å². The van der Waals surface area contributed by atoms with Crippen molar-refractivity contribution in [2.75, 3.05) is 36.4 Å². The number of aliphatic hydroxyl groups is 1. The van der Waals surface area contributed by atoms with Crippen LogP contribution in [0.25, 0.3) is 16.6 Å². The third-order valence-electron chi connectivity index (χ3n) is 8.96. The van der Waals surface area contributed by atoms with Crippen LogP contribution >= 0.6 is 0 Å². The fraction of sp³-hybridized carbons (Fsp3) is 0.405. The average Bonchev–Trinajstić information content (AvgIpc) is 3.48. The second-order valence-corrected chi connectivity index (χ2v) is 13.6. The first-order valence-electron chi connectivity index (χ1n) is 16.5. The number of carbonyl (C=O) groups is 3. The Morgan fingerprint density at radius 3 is 2.15 bits per heavy atom. The van der Waals surface area contributed by atoms with Gasteiger partial charge >= 0.3 is 6.09 Å². The zero-order valence-electron chi connectivity index (χ0n) is 27.3. The van der Waals surface area contributed by atoms with Crippen molar-refractivity contribution in [1.82, 2.24) is 14.7 Å². The van der Waals surface area contributed by atoms with Gasteiger partial charge in [-0.2, -0.15) is 5.10 Å². The number of nitrogens with one attached hydrogen (secondary N) is 1. The molecule has 3 aromatic carbocycles. The first-order valence-corrected chi connectivity index (χ1v) is 16.5. The maximum absolute atomic E-state index is 13.1. The number of anilines is 2. The first-order chi connectivity index (χ1) is 22.5. The van der Waals surface area contributed by atoms with Gasteiger partial charge in [0, 0.05) is 60.5 Å². The number of hydrogen-bond acceptors (Lipinski definition) is 7. The van der Waals surface area contributed by atoms with Crippen molar-refractivity contribution in [2.45, 2.75) is 64.6 Å². The Morgan fingerprint density at radius 2 is 1.49 bits per heavy atom. The minimum atomic E-state index is -0.520. The van der Waals surface area contributed by atoms with Crippen molar-refractivity contribution in [3.8, 4) is 5.69 Å². The second kappa shape index (κ2) is 13.6. The number of nitrogens with zero attached hydrogens (tertiary/aromatic N) is 4. The molecule has 0 aliphatic carbocycles. The highest BCUT2D eigenvalue weighted by Gasteiger charge is 2.28. The normalized spacial score (nSPS) is 16.3. The molecule has 2 N–H and O–H groups in total. The molecule has 246 valence electrons. The highest BCUT2D eigenvalue weighted by molar-refractivity contribution is 6.05. The summed E-state index contributed by atoms with van der Waals surface area (Å²) in [5, 5.41) is 18.2. The number of fused-ring (bicyclic) bond motifs is 1. The number of rotatable bonds is 7. The van der Waals surface area contributed by atoms with Crippen molar-refractivity contribution in [2.24, 2.45) is 5.92 Å². The summed E-state index contributed by atoms with van der Waals surface area (Å²) in [6.07, 6.45) is 4.77. The summed E-state index contributed by atoms with van der Waals surface area (Å²) in [5.41, 5.74) is 4.16. The van der Waals surface area contributed by atoms with Crippen LogP contribution in [-0.2, 0) is 4.74 Å². The van der Waals surface area contributed by atoms with E-state index in [-0.39, 0.29) is 29.8 Å². The molecule has 0 bridgehead atoms. The highest BCUT2D eigenvalue weighted by Crippen LogP contribution is 2.27. The number of carbonyl (C=O) groups excluding carboxylic acids is 3. The zero-order chi connectivity index (χ0) is 33.1. The minimum absolute atomic E-state index is 0.0962. The van der Waals surface area contributed by atoms with Gasteiger partial charge < -0.3 is 25.0 Å². The SMILES string of the molecule is CC(C)(C)OC(=O)N1CCC(CC(=O)c2ccc(-n3ncc4cc(NC(=O)c5ccc(N6CCC(O)CC6)cc5)ccc43)cc2)CC1. The van der Waals surface area contributed by atoms with Gasteiger partial charge in [-0.25, -0.2) is 9.48 Å². The predicted molar refractivity (Wildman–Crippen MR) is 182 cm³/mol. The molecule has 2 saturated heterocycles. The lowest BCUT2D eigenvalue weighted by Crippen LogP contribution is -2.42. The van der Waals surface area contributed by atoms with Gasteiger partial charge in [-0.1, -0.05) is 0 Å². The highest BCUT2D eigenvalue weighted by atomic mass is 16.6. The molecule has 4 aromatic rings. The van der Waals surface area contributed by atoms with Gasteiger partial charge in [-0.3, -0.25) is 9.59 Å². The molecule has 3 heterocycles. The fourth-order valence-electron chi connectivity index (χ4n) is 6.28. The molecular formula is C37H43N5O5. The van der Waals surface area contributed by atoms with E-state index in [9.17, 15) is 19.5 Å². The van der Waals surface area contributed by atoms with Crippen LogP contribution in [0.5, 0.6) is 0 Å². The molecule has 47 heavy (non-hydrogen) atoms. The lowest BCUT2D eigenvalue weighted by Gasteiger charge is -2.33. The number of amides is 2. The van der Waals surface area contributed by atoms with Crippen LogP contribution in [-0.4, -0.2) is 75.5 Å². The molecule has 1 aromatic heterocycles. The number of likely N-dealkylation sites (tertiary alicyclic amines) is 1. The van der Waals surface area contributed by atoms with Crippen LogP contribution in [0.4, 0.5) is 16.2 Å². The monoisotopic (exact) mass is 637 g/mol. The van der Waals surface area contributed by atoms with Crippen LogP contribution in [0.3, 0.4) is 0 Å². The van der Waals surface area contributed by atoms with Crippen molar-refractivity contribution >= 4 is 40.1 Å². The Bertz CT molecular complexity index is 1730. The van der Waals surface area contributed by atoms with Crippen LogP contribution in [0, 0.1) is 5.92 Å². The molecule has 0 saturated carbocycles. The van der Waals surface area contributed by atoms with Crippen molar-refractivity contribution in [3.63, 3.8) is 0 Å². The Hall–Kier alpha value is -4.70. The Kier molecular flexibility index (Phi) is 9.31. The van der Waals surface area contributed by atoms with Crippen molar-refractivity contribution in [1.29, 1.82) is 0 Å². The summed E-state index contributed by atoms with van der Waals surface area (Å²) in [6, 6.07) is 20.7. The number of Topliss-reactive ketones (excluding diaryl/α,β-unsaturated/α-hetero) is 1. The van der Waals surface area contributed by atoms with Crippen molar-refractivity contribution in [3.05, 3.63) is 84.1 Å². The van der Waals surface area contributed by atoms with Gasteiger partial charge in [-0.05, 0) is 119 Å². The summed E-state index contributed by atoms with van der Waals surface area (Å²) in [5.74, 6) is 0.144. The largest absolute Gasteiger partial charge is 0.444 e. The molecule has 2 amide bonds. The summed E-state index contributed by atoms with van der Waals surface area (Å²) in [7, 11) is 0. The lowest BCUT2D eigenvalue weighted by atomic mass is 9.90. The maximum atomic E-state index is 13.1. The van der Waals surface area contributed by atoms with Gasteiger partial charge in [0.25, 0.3) is 5.91 Å². The van der Waals surface area contributed by atoms with E-state index in [2.05, 4.69) is 15.3 Å². The van der Waals surface area contributed by atoms with E-state index in [0.29, 0.717) is 36.3 Å². The summed E-state index contributed by atoms with van der Waals surface area (Å²) in [4.78, 5) is 42.4. The molecule has 2 fully saturated rings. The van der Waals surface area contributed by atoms with E-state index in [1.807, 2.05) is 92.2 Å². The Labute approximate surface area is 275 Å². The molecule has 6 rings (SSSR count). The number of aromatic nitrogens is 2. The van der Waals surface area contributed by atoms with E-state index in [1.165, 1.54) is 0 Å². The molecule has 10 heteroatoms. The predicted octanol–water partition coefficient (Wildman–Crippen LogP) is 6.46. The van der Waals surface area contributed by atoms with Crippen LogP contribution in [0.15, 0.2) is 72.9 Å². The van der Waals surface area contributed by atoms with Crippen LogP contribution in [0.1, 0.15) is 73.6 Å². The van der Waals surface area contributed by atoms with E-state index in [1.54, 1.807) is 11.1 Å². The third kappa shape index (κ3) is 7.82. The van der Waals surface area contributed by atoms with Crippen LogP contribution < -0.4 is 10.2 Å². The molecular weight excluding hydrogens is 594 g/mol. The smallest absolute Gasteiger partial charge is 0.410 e. The fourth-order valence-corrected chi connectivity index (χ4v) is 6.28. The maximum Gasteiger partial charge on any atom is 0.410 e. The Morgan fingerprint density at radius 1 is 0.851 bits per heavy atom. The van der Waals surface area contributed by atoms with Crippen LogP contribution in [0.2, 0.25) is 0 Å². The number of aliphatic hydroxyl groups excluding tert-OH is 1. The minimum Gasteiger partial charge on any atom is -0.444 e. The lowest BCUT2D eigenvalue weighted by molar-refractivity contribution is 0.0183.